The molecule has 0 saturated heterocycles. The summed E-state index contributed by atoms with van der Waals surface area (Å²) in [4.78, 5) is 0. The molecule has 4 heteroatoms. The molecule has 3 aromatic carbocycles. The highest BCUT2D eigenvalue weighted by Crippen LogP contribution is 2.37. The molecule has 0 amide bonds. The number of benzene rings is 3. The standard InChI is InChI=1S/C24H23N3O/c1-3-22-24(26-25-19-12-8-5-9-13-19)21-16-20(28-2)14-15-23(21)27(22)17-18-10-6-4-7-11-18/h4-16H,3,17H2,1-2H3/b26-25-. The molecular weight excluding hydrogens is 346 g/mol. The molecule has 0 atom stereocenters. The minimum Gasteiger partial charge on any atom is -0.497 e. The predicted molar refractivity (Wildman–Crippen MR) is 114 cm³/mol. The van der Waals surface area contributed by atoms with Crippen molar-refractivity contribution in [3.8, 4) is 5.75 Å². The van der Waals surface area contributed by atoms with Crippen LogP contribution in [0, 0.1) is 0 Å². The fourth-order valence-electron chi connectivity index (χ4n) is 3.51. The molecule has 0 saturated carbocycles. The van der Waals surface area contributed by atoms with Crippen molar-refractivity contribution in [1.82, 2.24) is 4.57 Å². The number of aromatic nitrogens is 1. The van der Waals surface area contributed by atoms with Gasteiger partial charge in [0.15, 0.2) is 0 Å². The van der Waals surface area contributed by atoms with Crippen LogP contribution in [0.5, 0.6) is 5.75 Å². The van der Waals surface area contributed by atoms with E-state index in [4.69, 9.17) is 4.74 Å². The van der Waals surface area contributed by atoms with Crippen LogP contribution in [0.25, 0.3) is 10.9 Å². The fraction of sp³-hybridized carbons (Fsp3) is 0.167. The zero-order valence-corrected chi connectivity index (χ0v) is 16.2. The second kappa shape index (κ2) is 8.09. The van der Waals surface area contributed by atoms with E-state index in [0.717, 1.165) is 41.0 Å². The lowest BCUT2D eigenvalue weighted by atomic mass is 10.2. The van der Waals surface area contributed by atoms with Gasteiger partial charge in [0.1, 0.15) is 11.4 Å². The van der Waals surface area contributed by atoms with Crippen molar-refractivity contribution >= 4 is 22.3 Å². The van der Waals surface area contributed by atoms with Gasteiger partial charge in [0.2, 0.25) is 0 Å². The number of fused-ring (bicyclic) bond motifs is 1. The summed E-state index contributed by atoms with van der Waals surface area (Å²) in [7, 11) is 1.69. The van der Waals surface area contributed by atoms with Crippen LogP contribution in [0.4, 0.5) is 11.4 Å². The predicted octanol–water partition coefficient (Wildman–Crippen LogP) is 6.68. The van der Waals surface area contributed by atoms with Gasteiger partial charge in [-0.25, -0.2) is 0 Å². The van der Waals surface area contributed by atoms with Crippen LogP contribution in [0.1, 0.15) is 18.2 Å². The van der Waals surface area contributed by atoms with E-state index in [-0.39, 0.29) is 0 Å². The lowest BCUT2D eigenvalue weighted by Crippen LogP contribution is -2.03. The van der Waals surface area contributed by atoms with Crippen molar-refractivity contribution < 1.29 is 4.74 Å². The highest BCUT2D eigenvalue weighted by atomic mass is 16.5. The van der Waals surface area contributed by atoms with E-state index in [9.17, 15) is 0 Å². The second-order valence-electron chi connectivity index (χ2n) is 6.64. The number of methoxy groups -OCH3 is 1. The van der Waals surface area contributed by atoms with Crippen LogP contribution < -0.4 is 4.74 Å². The second-order valence-corrected chi connectivity index (χ2v) is 6.64. The molecule has 0 radical (unpaired) electrons. The highest BCUT2D eigenvalue weighted by Gasteiger charge is 2.17. The fourth-order valence-corrected chi connectivity index (χ4v) is 3.51. The molecule has 28 heavy (non-hydrogen) atoms. The lowest BCUT2D eigenvalue weighted by molar-refractivity contribution is 0.415. The first-order valence-corrected chi connectivity index (χ1v) is 9.50. The summed E-state index contributed by atoms with van der Waals surface area (Å²) in [6.07, 6.45) is 0.868. The van der Waals surface area contributed by atoms with Crippen LogP contribution in [0.15, 0.2) is 89.1 Å². The number of hydrogen-bond donors (Lipinski definition) is 0. The topological polar surface area (TPSA) is 38.9 Å². The van der Waals surface area contributed by atoms with E-state index in [2.05, 4.69) is 58.1 Å². The molecule has 4 rings (SSSR count). The van der Waals surface area contributed by atoms with Gasteiger partial charge in [-0.15, -0.1) is 5.11 Å². The Hall–Kier alpha value is -3.40. The van der Waals surface area contributed by atoms with E-state index in [1.165, 1.54) is 11.3 Å². The molecular formula is C24H23N3O. The van der Waals surface area contributed by atoms with Crippen molar-refractivity contribution in [2.75, 3.05) is 7.11 Å². The van der Waals surface area contributed by atoms with Crippen LogP contribution >= 0.6 is 0 Å². The number of rotatable bonds is 6. The average molecular weight is 369 g/mol. The summed E-state index contributed by atoms with van der Waals surface area (Å²) in [5, 5.41) is 10.2. The van der Waals surface area contributed by atoms with Crippen molar-refractivity contribution in [1.29, 1.82) is 0 Å². The quantitative estimate of drug-likeness (QED) is 0.350. The first-order chi connectivity index (χ1) is 13.8. The maximum atomic E-state index is 5.46. The van der Waals surface area contributed by atoms with Crippen molar-refractivity contribution in [3.63, 3.8) is 0 Å². The molecule has 140 valence electrons. The molecule has 1 aromatic heterocycles. The van der Waals surface area contributed by atoms with Crippen molar-refractivity contribution in [3.05, 3.63) is 90.1 Å². The van der Waals surface area contributed by atoms with Crippen LogP contribution in [0.2, 0.25) is 0 Å². The number of ether oxygens (including phenoxy) is 1. The van der Waals surface area contributed by atoms with Gasteiger partial charge in [-0.1, -0.05) is 55.5 Å². The third-order valence-corrected chi connectivity index (χ3v) is 4.89. The van der Waals surface area contributed by atoms with E-state index >= 15 is 0 Å². The van der Waals surface area contributed by atoms with E-state index in [1.54, 1.807) is 7.11 Å². The van der Waals surface area contributed by atoms with Crippen molar-refractivity contribution in [2.45, 2.75) is 19.9 Å². The zero-order valence-electron chi connectivity index (χ0n) is 16.2. The smallest absolute Gasteiger partial charge is 0.119 e. The minimum absolute atomic E-state index is 0.799. The Morgan fingerprint density at radius 2 is 1.57 bits per heavy atom. The third kappa shape index (κ3) is 3.54. The molecule has 0 aliphatic rings. The molecule has 0 spiro atoms. The monoisotopic (exact) mass is 369 g/mol. The summed E-state index contributed by atoms with van der Waals surface area (Å²) >= 11 is 0. The first-order valence-electron chi connectivity index (χ1n) is 9.50. The Balaban J connectivity index is 1.87. The number of nitrogens with zero attached hydrogens (tertiary/aromatic N) is 3. The molecule has 1 heterocycles. The number of hydrogen-bond acceptors (Lipinski definition) is 3. The maximum Gasteiger partial charge on any atom is 0.119 e. The van der Waals surface area contributed by atoms with Gasteiger partial charge in [0.25, 0.3) is 0 Å². The van der Waals surface area contributed by atoms with E-state index in [0.29, 0.717) is 0 Å². The summed E-state index contributed by atoms with van der Waals surface area (Å²) in [6.45, 7) is 2.96. The maximum absolute atomic E-state index is 5.46. The SMILES string of the molecule is CCc1c(/N=N\c2ccccc2)c2cc(OC)ccc2n1Cc1ccccc1. The normalized spacial score (nSPS) is 11.4. The summed E-state index contributed by atoms with van der Waals surface area (Å²) in [5.41, 5.74) is 5.33. The van der Waals surface area contributed by atoms with Gasteiger partial charge >= 0.3 is 0 Å². The van der Waals surface area contributed by atoms with Crippen LogP contribution in [-0.4, -0.2) is 11.7 Å². The van der Waals surface area contributed by atoms with E-state index < -0.39 is 0 Å². The molecule has 0 aliphatic carbocycles. The largest absolute Gasteiger partial charge is 0.497 e. The van der Waals surface area contributed by atoms with Gasteiger partial charge in [0.05, 0.1) is 18.3 Å². The average Bonchev–Trinajstić information content (AvgIpc) is 3.05. The van der Waals surface area contributed by atoms with E-state index in [1.807, 2.05) is 42.5 Å². The molecule has 4 nitrogen and oxygen atoms in total. The van der Waals surface area contributed by atoms with Crippen LogP contribution in [-0.2, 0) is 13.0 Å². The molecule has 0 unspecified atom stereocenters. The molecule has 0 N–H and O–H groups in total. The van der Waals surface area contributed by atoms with Gasteiger partial charge in [0, 0.05) is 17.6 Å². The Morgan fingerprint density at radius 3 is 2.25 bits per heavy atom. The Kier molecular flexibility index (Phi) is 5.20. The highest BCUT2D eigenvalue weighted by molar-refractivity contribution is 5.94. The van der Waals surface area contributed by atoms with Crippen molar-refractivity contribution in [2.24, 2.45) is 10.2 Å². The van der Waals surface area contributed by atoms with Gasteiger partial charge < -0.3 is 9.30 Å². The zero-order chi connectivity index (χ0) is 19.3. The summed E-state index contributed by atoms with van der Waals surface area (Å²) < 4.78 is 7.80. The molecule has 0 aliphatic heterocycles. The first kappa shape index (κ1) is 18.0. The van der Waals surface area contributed by atoms with Gasteiger partial charge in [-0.2, -0.15) is 5.11 Å². The lowest BCUT2D eigenvalue weighted by Gasteiger charge is -2.10. The summed E-state index contributed by atoms with van der Waals surface area (Å²) in [5.74, 6) is 0.822. The van der Waals surface area contributed by atoms with Gasteiger partial charge in [-0.05, 0) is 42.3 Å². The molecule has 0 fully saturated rings. The Labute approximate surface area is 165 Å². The summed E-state index contributed by atoms with van der Waals surface area (Å²) in [6, 6.07) is 26.5. The molecule has 0 bridgehead atoms. The number of azo groups is 1. The minimum atomic E-state index is 0.799. The van der Waals surface area contributed by atoms with Crippen LogP contribution in [0.3, 0.4) is 0 Å². The Bertz CT molecular complexity index is 1100. The molecule has 4 aromatic rings. The van der Waals surface area contributed by atoms with Gasteiger partial charge in [-0.3, -0.25) is 0 Å². The Morgan fingerprint density at radius 1 is 0.857 bits per heavy atom. The third-order valence-electron chi connectivity index (χ3n) is 4.89.